The minimum Gasteiger partial charge on any atom is -0.319 e. The Labute approximate surface area is 135 Å². The lowest BCUT2D eigenvalue weighted by molar-refractivity contribution is -0.132. The van der Waals surface area contributed by atoms with Gasteiger partial charge in [-0.05, 0) is 36.5 Å². The summed E-state index contributed by atoms with van der Waals surface area (Å²) >= 11 is 0. The van der Waals surface area contributed by atoms with Gasteiger partial charge in [-0.2, -0.15) is 0 Å². The average molecular weight is 306 g/mol. The van der Waals surface area contributed by atoms with Crippen LogP contribution in [0.15, 0.2) is 48.5 Å². The average Bonchev–Trinajstić information content (AvgIpc) is 3.04. The Kier molecular flexibility index (Phi) is 3.01. The van der Waals surface area contributed by atoms with Gasteiger partial charge >= 0.3 is 6.03 Å². The number of nitrogens with one attached hydrogen (secondary N) is 1. The number of aryl methyl sites for hydroxylation is 2. The van der Waals surface area contributed by atoms with Crippen LogP contribution in [0.4, 0.5) is 4.79 Å². The molecule has 1 aliphatic heterocycles. The Morgan fingerprint density at radius 1 is 1.09 bits per heavy atom. The van der Waals surface area contributed by atoms with Gasteiger partial charge in [0.15, 0.2) is 0 Å². The van der Waals surface area contributed by atoms with E-state index >= 15 is 0 Å². The number of imide groups is 1. The summed E-state index contributed by atoms with van der Waals surface area (Å²) in [7, 11) is 0. The van der Waals surface area contributed by atoms with Crippen LogP contribution in [0.25, 0.3) is 0 Å². The Bertz CT molecular complexity index is 797. The topological polar surface area (TPSA) is 49.4 Å². The summed E-state index contributed by atoms with van der Waals surface area (Å²) in [6, 6.07) is 15.5. The van der Waals surface area contributed by atoms with Crippen molar-refractivity contribution in [2.75, 3.05) is 0 Å². The Morgan fingerprint density at radius 2 is 1.83 bits per heavy atom. The lowest BCUT2D eigenvalue weighted by Gasteiger charge is -2.22. The van der Waals surface area contributed by atoms with Gasteiger partial charge in [-0.3, -0.25) is 9.69 Å². The molecule has 0 saturated carbocycles. The van der Waals surface area contributed by atoms with E-state index < -0.39 is 5.54 Å². The summed E-state index contributed by atoms with van der Waals surface area (Å²) in [4.78, 5) is 26.8. The molecule has 1 fully saturated rings. The molecule has 1 heterocycles. The number of fused-ring (bicyclic) bond motifs is 2. The number of carbonyl (C=O) groups is 2. The second-order valence-electron chi connectivity index (χ2n) is 6.37. The third-order valence-corrected chi connectivity index (χ3v) is 4.88. The first-order chi connectivity index (χ1) is 11.1. The molecule has 23 heavy (non-hydrogen) atoms. The molecular weight excluding hydrogens is 288 g/mol. The van der Waals surface area contributed by atoms with Crippen molar-refractivity contribution in [1.82, 2.24) is 10.2 Å². The first-order valence-corrected chi connectivity index (χ1v) is 7.88. The van der Waals surface area contributed by atoms with Crippen molar-refractivity contribution in [3.05, 3.63) is 70.8 Å². The van der Waals surface area contributed by atoms with Crippen LogP contribution in [0.5, 0.6) is 0 Å². The maximum Gasteiger partial charge on any atom is 0.325 e. The molecular formula is C19H18N2O2. The van der Waals surface area contributed by atoms with E-state index in [1.54, 1.807) is 0 Å². The van der Waals surface area contributed by atoms with Crippen LogP contribution in [0.3, 0.4) is 0 Å². The standard InChI is InChI=1S/C19H18N2O2/c1-13-6-8-14(9-7-13)12-21-17(22)19(20-18(21)23)11-10-15-4-2-3-5-16(15)19/h2-9H,10-12H2,1H3,(H,20,23)/t19-/m0/s1. The molecule has 116 valence electrons. The molecule has 0 bridgehead atoms. The molecule has 0 aromatic heterocycles. The molecule has 2 aromatic rings. The predicted molar refractivity (Wildman–Crippen MR) is 86.7 cm³/mol. The number of amides is 3. The van der Waals surface area contributed by atoms with Gasteiger partial charge in [-0.25, -0.2) is 4.79 Å². The van der Waals surface area contributed by atoms with E-state index in [4.69, 9.17) is 0 Å². The number of hydrogen-bond donors (Lipinski definition) is 1. The molecule has 2 aliphatic rings. The zero-order valence-corrected chi connectivity index (χ0v) is 13.0. The summed E-state index contributed by atoms with van der Waals surface area (Å²) in [5.74, 6) is -0.131. The number of hydrogen-bond acceptors (Lipinski definition) is 2. The SMILES string of the molecule is Cc1ccc(CN2C(=O)N[C@]3(CCc4ccccc43)C2=O)cc1. The van der Waals surface area contributed by atoms with Gasteiger partial charge < -0.3 is 5.32 Å². The third-order valence-electron chi connectivity index (χ3n) is 4.88. The van der Waals surface area contributed by atoms with Gasteiger partial charge in [0.25, 0.3) is 5.91 Å². The summed E-state index contributed by atoms with van der Waals surface area (Å²) in [5.41, 5.74) is 3.36. The van der Waals surface area contributed by atoms with E-state index in [1.165, 1.54) is 4.90 Å². The lowest BCUT2D eigenvalue weighted by Crippen LogP contribution is -2.41. The number of urea groups is 1. The minimum absolute atomic E-state index is 0.131. The van der Waals surface area contributed by atoms with Crippen molar-refractivity contribution < 1.29 is 9.59 Å². The normalized spacial score (nSPS) is 22.6. The number of nitrogens with zero attached hydrogens (tertiary/aromatic N) is 1. The highest BCUT2D eigenvalue weighted by Crippen LogP contribution is 2.41. The van der Waals surface area contributed by atoms with Crippen LogP contribution in [0, 0.1) is 6.92 Å². The molecule has 1 spiro atoms. The van der Waals surface area contributed by atoms with Gasteiger partial charge in [0, 0.05) is 0 Å². The van der Waals surface area contributed by atoms with Crippen LogP contribution in [-0.4, -0.2) is 16.8 Å². The minimum atomic E-state index is -0.863. The van der Waals surface area contributed by atoms with Gasteiger partial charge in [0.2, 0.25) is 0 Å². The molecule has 1 N–H and O–H groups in total. The fraction of sp³-hybridized carbons (Fsp3) is 0.263. The smallest absolute Gasteiger partial charge is 0.319 e. The first kappa shape index (κ1) is 14.0. The second kappa shape index (κ2) is 4.95. The maximum atomic E-state index is 13.0. The molecule has 4 nitrogen and oxygen atoms in total. The van der Waals surface area contributed by atoms with Crippen molar-refractivity contribution in [1.29, 1.82) is 0 Å². The molecule has 1 saturated heterocycles. The number of benzene rings is 2. The van der Waals surface area contributed by atoms with Crippen molar-refractivity contribution in [3.63, 3.8) is 0 Å². The van der Waals surface area contributed by atoms with E-state index in [1.807, 2.05) is 55.5 Å². The van der Waals surface area contributed by atoms with Crippen molar-refractivity contribution in [2.45, 2.75) is 31.8 Å². The summed E-state index contributed by atoms with van der Waals surface area (Å²) in [6.45, 7) is 2.33. The van der Waals surface area contributed by atoms with Crippen LogP contribution < -0.4 is 5.32 Å². The fourth-order valence-electron chi connectivity index (χ4n) is 3.61. The zero-order valence-electron chi connectivity index (χ0n) is 13.0. The van der Waals surface area contributed by atoms with E-state index in [0.29, 0.717) is 13.0 Å². The molecule has 4 rings (SSSR count). The molecule has 1 aliphatic carbocycles. The Balaban J connectivity index is 1.66. The molecule has 3 amide bonds. The molecule has 4 heteroatoms. The van der Waals surface area contributed by atoms with E-state index in [0.717, 1.165) is 28.7 Å². The monoisotopic (exact) mass is 306 g/mol. The van der Waals surface area contributed by atoms with Crippen LogP contribution in [0.2, 0.25) is 0 Å². The quantitative estimate of drug-likeness (QED) is 0.867. The Hall–Kier alpha value is -2.62. The molecule has 0 unspecified atom stereocenters. The second-order valence-corrected chi connectivity index (χ2v) is 6.37. The van der Waals surface area contributed by atoms with Crippen LogP contribution in [0.1, 0.15) is 28.7 Å². The maximum absolute atomic E-state index is 13.0. The zero-order chi connectivity index (χ0) is 16.0. The lowest BCUT2D eigenvalue weighted by atomic mass is 9.92. The van der Waals surface area contributed by atoms with Gasteiger partial charge in [0.05, 0.1) is 6.54 Å². The largest absolute Gasteiger partial charge is 0.325 e. The van der Waals surface area contributed by atoms with E-state index in [-0.39, 0.29) is 11.9 Å². The first-order valence-electron chi connectivity index (χ1n) is 7.88. The van der Waals surface area contributed by atoms with E-state index in [2.05, 4.69) is 5.32 Å². The van der Waals surface area contributed by atoms with E-state index in [9.17, 15) is 9.59 Å². The number of rotatable bonds is 2. The third kappa shape index (κ3) is 2.05. The Morgan fingerprint density at radius 3 is 2.61 bits per heavy atom. The summed E-state index contributed by atoms with van der Waals surface area (Å²) < 4.78 is 0. The summed E-state index contributed by atoms with van der Waals surface area (Å²) in [5, 5.41) is 2.95. The predicted octanol–water partition coefficient (Wildman–Crippen LogP) is 2.89. The highest BCUT2D eigenvalue weighted by molar-refractivity contribution is 6.08. The fourth-order valence-corrected chi connectivity index (χ4v) is 3.61. The van der Waals surface area contributed by atoms with Crippen LogP contribution >= 0.6 is 0 Å². The van der Waals surface area contributed by atoms with Crippen molar-refractivity contribution >= 4 is 11.9 Å². The van der Waals surface area contributed by atoms with Gasteiger partial charge in [0.1, 0.15) is 5.54 Å². The van der Waals surface area contributed by atoms with Crippen molar-refractivity contribution in [3.8, 4) is 0 Å². The van der Waals surface area contributed by atoms with Gasteiger partial charge in [-0.15, -0.1) is 0 Å². The van der Waals surface area contributed by atoms with Crippen LogP contribution in [-0.2, 0) is 23.3 Å². The molecule has 1 atom stereocenters. The van der Waals surface area contributed by atoms with Crippen molar-refractivity contribution in [2.24, 2.45) is 0 Å². The molecule has 2 aromatic carbocycles. The highest BCUT2D eigenvalue weighted by atomic mass is 16.2. The number of carbonyl (C=O) groups excluding carboxylic acids is 2. The molecule has 0 radical (unpaired) electrons. The summed E-state index contributed by atoms with van der Waals surface area (Å²) in [6.07, 6.45) is 1.46. The van der Waals surface area contributed by atoms with Gasteiger partial charge in [-0.1, -0.05) is 54.1 Å². The highest BCUT2D eigenvalue weighted by Gasteiger charge is 2.55.